The first kappa shape index (κ1) is 22.0. The number of aromatic hydroxyl groups is 1. The summed E-state index contributed by atoms with van der Waals surface area (Å²) in [6, 6.07) is 5.50. The lowest BCUT2D eigenvalue weighted by Gasteiger charge is -2.21. The number of rotatable bonds is 9. The number of para-hydroxylation sites is 1. The Hall–Kier alpha value is -2.32. The molecule has 154 valence electrons. The summed E-state index contributed by atoms with van der Waals surface area (Å²) in [5, 5.41) is 16.5. The molecule has 0 aliphatic carbocycles. The summed E-state index contributed by atoms with van der Waals surface area (Å²) in [6.45, 7) is 6.01. The Morgan fingerprint density at radius 1 is 1.39 bits per heavy atom. The number of benzene rings is 1. The first-order valence-corrected chi connectivity index (χ1v) is 10.2. The van der Waals surface area contributed by atoms with Crippen molar-refractivity contribution in [1.82, 2.24) is 15.2 Å². The minimum atomic E-state index is 0.00139. The molecule has 28 heavy (non-hydrogen) atoms. The van der Waals surface area contributed by atoms with Crippen LogP contribution in [0, 0.1) is 0 Å². The van der Waals surface area contributed by atoms with Crippen LogP contribution in [0.1, 0.15) is 36.2 Å². The number of phenolic OH excluding ortho intramolecular Hbond substituents is 1. The molecule has 2 rings (SSSR count). The first-order valence-electron chi connectivity index (χ1n) is 9.31. The Kier molecular flexibility index (Phi) is 8.53. The van der Waals surface area contributed by atoms with Gasteiger partial charge < -0.3 is 24.8 Å². The van der Waals surface area contributed by atoms with E-state index in [1.807, 2.05) is 37.9 Å². The monoisotopic (exact) mass is 406 g/mol. The van der Waals surface area contributed by atoms with Crippen molar-refractivity contribution in [2.24, 2.45) is 4.99 Å². The lowest BCUT2D eigenvalue weighted by molar-refractivity contribution is 0.119. The highest BCUT2D eigenvalue weighted by Crippen LogP contribution is 2.29. The van der Waals surface area contributed by atoms with Crippen LogP contribution in [0.5, 0.6) is 11.5 Å². The molecule has 7 nitrogen and oxygen atoms in total. The Bertz CT molecular complexity index is 779. The highest BCUT2D eigenvalue weighted by Gasteiger charge is 2.13. The minimum Gasteiger partial charge on any atom is -0.504 e. The molecular weight excluding hydrogens is 376 g/mol. The summed E-state index contributed by atoms with van der Waals surface area (Å²) in [6.07, 6.45) is 0.624. The molecule has 1 aromatic heterocycles. The molecule has 1 unspecified atom stereocenters. The van der Waals surface area contributed by atoms with Crippen molar-refractivity contribution in [3.05, 3.63) is 39.8 Å². The molecule has 0 radical (unpaired) electrons. The number of aromatic nitrogens is 1. The molecular formula is C20H30N4O3S. The zero-order chi connectivity index (χ0) is 20.5. The van der Waals surface area contributed by atoms with Crippen molar-refractivity contribution < 1.29 is 14.6 Å². The number of aliphatic imine (C=N–C) groups is 1. The largest absolute Gasteiger partial charge is 0.504 e. The molecule has 0 aliphatic heterocycles. The minimum absolute atomic E-state index is 0.00139. The number of ether oxygens (including phenoxy) is 2. The molecule has 2 N–H and O–H groups in total. The fourth-order valence-electron chi connectivity index (χ4n) is 2.69. The highest BCUT2D eigenvalue weighted by molar-refractivity contribution is 7.09. The van der Waals surface area contributed by atoms with Crippen LogP contribution in [0.15, 0.2) is 28.6 Å². The molecule has 0 spiro atoms. The van der Waals surface area contributed by atoms with Crippen LogP contribution in [-0.4, -0.2) is 55.3 Å². The van der Waals surface area contributed by atoms with E-state index in [0.29, 0.717) is 25.3 Å². The fraction of sp³-hybridized carbons (Fsp3) is 0.500. The maximum absolute atomic E-state index is 10.2. The van der Waals surface area contributed by atoms with Crippen molar-refractivity contribution in [1.29, 1.82) is 0 Å². The van der Waals surface area contributed by atoms with Crippen LogP contribution >= 0.6 is 11.3 Å². The number of nitrogens with one attached hydrogen (secondary N) is 1. The standard InChI is InChI=1S/C20H30N4O3S/c1-6-21-20(22-11-10-15-8-7-9-17(27-5)18(15)25)24(3)12-16-13-28-19(23-16)14(2)26-4/h7-9,13-14,25H,6,10-12H2,1-5H3,(H,21,22). The molecule has 1 aromatic carbocycles. The number of phenols is 1. The summed E-state index contributed by atoms with van der Waals surface area (Å²) in [4.78, 5) is 11.4. The molecule has 2 aromatic rings. The van der Waals surface area contributed by atoms with Gasteiger partial charge in [-0.1, -0.05) is 12.1 Å². The van der Waals surface area contributed by atoms with Crippen LogP contribution in [-0.2, 0) is 17.7 Å². The predicted octanol–water partition coefficient (Wildman–Crippen LogP) is 3.20. The quantitative estimate of drug-likeness (QED) is 0.492. The number of hydrogen-bond acceptors (Lipinski definition) is 6. The van der Waals surface area contributed by atoms with Gasteiger partial charge in [-0.05, 0) is 31.9 Å². The average molecular weight is 407 g/mol. The summed E-state index contributed by atoms with van der Waals surface area (Å²) in [7, 11) is 5.23. The third kappa shape index (κ3) is 5.84. The van der Waals surface area contributed by atoms with E-state index >= 15 is 0 Å². The Morgan fingerprint density at radius 2 is 2.18 bits per heavy atom. The van der Waals surface area contributed by atoms with Crippen LogP contribution in [0.4, 0.5) is 0 Å². The third-order valence-electron chi connectivity index (χ3n) is 4.31. The second-order valence-electron chi connectivity index (χ2n) is 6.36. The maximum atomic E-state index is 10.2. The van der Waals surface area contributed by atoms with Crippen LogP contribution in [0.2, 0.25) is 0 Å². The van der Waals surface area contributed by atoms with Crippen molar-refractivity contribution in [2.75, 3.05) is 34.4 Å². The van der Waals surface area contributed by atoms with E-state index in [1.54, 1.807) is 31.6 Å². The molecule has 1 atom stereocenters. The van der Waals surface area contributed by atoms with Gasteiger partial charge in [0.2, 0.25) is 0 Å². The molecule has 0 saturated carbocycles. The number of nitrogens with zero attached hydrogens (tertiary/aromatic N) is 3. The van der Waals surface area contributed by atoms with Crippen molar-refractivity contribution in [3.8, 4) is 11.5 Å². The van der Waals surface area contributed by atoms with Gasteiger partial charge in [-0.25, -0.2) is 4.98 Å². The number of methoxy groups -OCH3 is 2. The van der Waals surface area contributed by atoms with E-state index in [9.17, 15) is 5.11 Å². The Balaban J connectivity index is 2.02. The molecule has 0 amide bonds. The summed E-state index contributed by atoms with van der Waals surface area (Å²) in [5.41, 5.74) is 1.81. The van der Waals surface area contributed by atoms with Gasteiger partial charge in [0.15, 0.2) is 17.5 Å². The molecule has 0 bridgehead atoms. The van der Waals surface area contributed by atoms with Crippen molar-refractivity contribution in [3.63, 3.8) is 0 Å². The lowest BCUT2D eigenvalue weighted by Crippen LogP contribution is -2.38. The van der Waals surface area contributed by atoms with E-state index in [2.05, 4.69) is 20.7 Å². The van der Waals surface area contributed by atoms with Gasteiger partial charge in [-0.3, -0.25) is 4.99 Å². The average Bonchev–Trinajstić information content (AvgIpc) is 3.16. The number of hydrogen-bond donors (Lipinski definition) is 2. The van der Waals surface area contributed by atoms with Gasteiger partial charge in [-0.2, -0.15) is 0 Å². The van der Waals surface area contributed by atoms with Crippen molar-refractivity contribution >= 4 is 17.3 Å². The molecule has 0 aliphatic rings. The first-order chi connectivity index (χ1) is 13.5. The Labute approximate surface area is 171 Å². The zero-order valence-electron chi connectivity index (χ0n) is 17.2. The van der Waals surface area contributed by atoms with Gasteiger partial charge in [0.05, 0.1) is 19.3 Å². The summed E-state index contributed by atoms with van der Waals surface area (Å²) >= 11 is 1.61. The number of guanidine groups is 1. The molecule has 0 saturated heterocycles. The van der Waals surface area contributed by atoms with Gasteiger partial charge >= 0.3 is 0 Å². The summed E-state index contributed by atoms with van der Waals surface area (Å²) in [5.74, 6) is 1.47. The smallest absolute Gasteiger partial charge is 0.194 e. The van der Waals surface area contributed by atoms with Gasteiger partial charge in [0.1, 0.15) is 11.1 Å². The second-order valence-corrected chi connectivity index (χ2v) is 7.25. The van der Waals surface area contributed by atoms with E-state index < -0.39 is 0 Å². The molecule has 0 fully saturated rings. The lowest BCUT2D eigenvalue weighted by atomic mass is 10.1. The summed E-state index contributed by atoms with van der Waals surface area (Å²) < 4.78 is 10.5. The molecule has 1 heterocycles. The zero-order valence-corrected chi connectivity index (χ0v) is 18.0. The van der Waals surface area contributed by atoms with Gasteiger partial charge in [0, 0.05) is 32.6 Å². The molecule has 8 heteroatoms. The fourth-order valence-corrected chi connectivity index (χ4v) is 3.53. The van der Waals surface area contributed by atoms with Crippen LogP contribution in [0.25, 0.3) is 0 Å². The normalized spacial score (nSPS) is 12.7. The predicted molar refractivity (Wildman–Crippen MR) is 113 cm³/mol. The van der Waals surface area contributed by atoms with Crippen LogP contribution < -0.4 is 10.1 Å². The van der Waals surface area contributed by atoms with E-state index in [1.165, 1.54) is 0 Å². The van der Waals surface area contributed by atoms with E-state index in [-0.39, 0.29) is 11.9 Å². The Morgan fingerprint density at radius 3 is 2.86 bits per heavy atom. The van der Waals surface area contributed by atoms with Crippen LogP contribution in [0.3, 0.4) is 0 Å². The SMILES string of the molecule is CCNC(=NCCc1cccc(OC)c1O)N(C)Cc1csc(C(C)OC)n1. The van der Waals surface area contributed by atoms with Gasteiger partial charge in [-0.15, -0.1) is 11.3 Å². The van der Waals surface area contributed by atoms with Crippen molar-refractivity contribution in [2.45, 2.75) is 32.9 Å². The topological polar surface area (TPSA) is 79.2 Å². The third-order valence-corrected chi connectivity index (χ3v) is 5.37. The van der Waals surface area contributed by atoms with E-state index in [0.717, 1.165) is 28.8 Å². The highest BCUT2D eigenvalue weighted by atomic mass is 32.1. The maximum Gasteiger partial charge on any atom is 0.194 e. The van der Waals surface area contributed by atoms with Gasteiger partial charge in [0.25, 0.3) is 0 Å². The number of thiazole rings is 1. The second kappa shape index (κ2) is 10.9. The van der Waals surface area contributed by atoms with E-state index in [4.69, 9.17) is 9.47 Å².